The third-order valence-corrected chi connectivity index (χ3v) is 0.323. The van der Waals surface area contributed by atoms with E-state index in [1.807, 2.05) is 0 Å². The zero-order valence-electron chi connectivity index (χ0n) is 3.92. The minimum absolute atomic E-state index is 0.0573. The van der Waals surface area contributed by atoms with Crippen molar-refractivity contribution in [2.75, 3.05) is 0 Å². The second kappa shape index (κ2) is 3.55. The first-order valence-corrected chi connectivity index (χ1v) is 2.12. The lowest BCUT2D eigenvalue weighted by Crippen LogP contribution is -2.08. The smallest absolute Gasteiger partial charge is 0.286 e. The standard InChI is InChI=1S/C3H6N2OS/c1-2-5-6-3(4)7/h2H,1H3,(H2,4,7)/b5-2+. The van der Waals surface area contributed by atoms with E-state index in [4.69, 9.17) is 5.73 Å². The van der Waals surface area contributed by atoms with Crippen LogP contribution < -0.4 is 5.73 Å². The first-order valence-electron chi connectivity index (χ1n) is 1.72. The molecule has 2 N–H and O–H groups in total. The molecule has 0 atom stereocenters. The van der Waals surface area contributed by atoms with Crippen LogP contribution in [0.1, 0.15) is 6.92 Å². The van der Waals surface area contributed by atoms with Crippen LogP contribution in [0.4, 0.5) is 0 Å². The summed E-state index contributed by atoms with van der Waals surface area (Å²) < 4.78 is 0. The lowest BCUT2D eigenvalue weighted by Gasteiger charge is -1.86. The maximum atomic E-state index is 4.87. The molecule has 0 saturated carbocycles. The van der Waals surface area contributed by atoms with Crippen molar-refractivity contribution in [3.8, 4) is 0 Å². The zero-order chi connectivity index (χ0) is 5.70. The lowest BCUT2D eigenvalue weighted by molar-refractivity contribution is 0.334. The molecule has 40 valence electrons. The predicted molar refractivity (Wildman–Crippen MR) is 32.0 cm³/mol. The van der Waals surface area contributed by atoms with Gasteiger partial charge in [0.25, 0.3) is 5.17 Å². The Balaban J connectivity index is 3.14. The molecule has 0 bridgehead atoms. The molecule has 0 aromatic rings. The van der Waals surface area contributed by atoms with Gasteiger partial charge in [-0.05, 0) is 19.1 Å². The second-order valence-corrected chi connectivity index (χ2v) is 1.18. The maximum Gasteiger partial charge on any atom is 0.286 e. The van der Waals surface area contributed by atoms with E-state index in [1.165, 1.54) is 6.21 Å². The monoisotopic (exact) mass is 118 g/mol. The molecule has 0 fully saturated rings. The molecular formula is C3H6N2OS. The van der Waals surface area contributed by atoms with Crippen LogP contribution in [0.5, 0.6) is 0 Å². The molecule has 0 amide bonds. The Bertz CT molecular complexity index is 90.9. The third-order valence-electron chi connectivity index (χ3n) is 0.248. The van der Waals surface area contributed by atoms with E-state index in [-0.39, 0.29) is 5.17 Å². The van der Waals surface area contributed by atoms with Gasteiger partial charge in [-0.1, -0.05) is 5.16 Å². The summed E-state index contributed by atoms with van der Waals surface area (Å²) in [7, 11) is 0. The summed E-state index contributed by atoms with van der Waals surface area (Å²) in [6.07, 6.45) is 1.46. The van der Waals surface area contributed by atoms with E-state index < -0.39 is 0 Å². The van der Waals surface area contributed by atoms with Crippen LogP contribution >= 0.6 is 12.2 Å². The van der Waals surface area contributed by atoms with E-state index in [0.717, 1.165) is 0 Å². The molecule has 0 saturated heterocycles. The van der Waals surface area contributed by atoms with Crippen LogP contribution in [0.25, 0.3) is 0 Å². The second-order valence-electron chi connectivity index (χ2n) is 0.774. The highest BCUT2D eigenvalue weighted by Crippen LogP contribution is 1.70. The van der Waals surface area contributed by atoms with Crippen molar-refractivity contribution in [1.29, 1.82) is 0 Å². The highest BCUT2D eigenvalue weighted by atomic mass is 32.1. The number of nitrogens with zero attached hydrogens (tertiary/aromatic N) is 1. The molecule has 0 aliphatic carbocycles. The fraction of sp³-hybridized carbons (Fsp3) is 0.333. The maximum absolute atomic E-state index is 4.87. The van der Waals surface area contributed by atoms with Crippen LogP contribution in [0.3, 0.4) is 0 Å². The number of hydrogen-bond acceptors (Lipinski definition) is 3. The summed E-state index contributed by atoms with van der Waals surface area (Å²) in [5.41, 5.74) is 4.87. The van der Waals surface area contributed by atoms with E-state index in [9.17, 15) is 0 Å². The summed E-state index contributed by atoms with van der Waals surface area (Å²) in [5, 5.41) is 3.22. The zero-order valence-corrected chi connectivity index (χ0v) is 4.73. The summed E-state index contributed by atoms with van der Waals surface area (Å²) >= 11 is 4.30. The Hall–Kier alpha value is -0.640. The highest BCUT2D eigenvalue weighted by Gasteiger charge is 1.76. The minimum atomic E-state index is -0.0573. The SMILES string of the molecule is C/C=N/OC(N)=S. The van der Waals surface area contributed by atoms with Gasteiger partial charge in [-0.15, -0.1) is 0 Å². The topological polar surface area (TPSA) is 47.6 Å². The van der Waals surface area contributed by atoms with Crippen molar-refractivity contribution < 1.29 is 4.84 Å². The molecule has 0 aromatic carbocycles. The minimum Gasteiger partial charge on any atom is -0.358 e. The lowest BCUT2D eigenvalue weighted by atomic mass is 10.9. The van der Waals surface area contributed by atoms with Gasteiger partial charge in [0.15, 0.2) is 0 Å². The molecule has 0 spiro atoms. The molecule has 0 unspecified atom stereocenters. The van der Waals surface area contributed by atoms with Gasteiger partial charge < -0.3 is 10.6 Å². The van der Waals surface area contributed by atoms with Gasteiger partial charge in [0.1, 0.15) is 0 Å². The Morgan fingerprint density at radius 1 is 2.00 bits per heavy atom. The van der Waals surface area contributed by atoms with Crippen LogP contribution in [-0.2, 0) is 4.84 Å². The van der Waals surface area contributed by atoms with Crippen molar-refractivity contribution in [1.82, 2.24) is 0 Å². The van der Waals surface area contributed by atoms with Gasteiger partial charge in [0, 0.05) is 6.21 Å². The molecule has 0 radical (unpaired) electrons. The highest BCUT2D eigenvalue weighted by molar-refractivity contribution is 7.79. The van der Waals surface area contributed by atoms with E-state index in [2.05, 4.69) is 22.2 Å². The number of hydrogen-bond donors (Lipinski definition) is 1. The van der Waals surface area contributed by atoms with Crippen molar-refractivity contribution >= 4 is 23.6 Å². The summed E-state index contributed by atoms with van der Waals surface area (Å²) in [6, 6.07) is 0. The van der Waals surface area contributed by atoms with E-state index >= 15 is 0 Å². The van der Waals surface area contributed by atoms with Crippen LogP contribution in [-0.4, -0.2) is 11.4 Å². The summed E-state index contributed by atoms with van der Waals surface area (Å²) in [5.74, 6) is 0. The van der Waals surface area contributed by atoms with Crippen molar-refractivity contribution in [3.63, 3.8) is 0 Å². The Morgan fingerprint density at radius 3 is 2.71 bits per heavy atom. The predicted octanol–water partition coefficient (Wildman–Crippen LogP) is 0.252. The summed E-state index contributed by atoms with van der Waals surface area (Å²) in [6.45, 7) is 1.71. The van der Waals surface area contributed by atoms with E-state index in [1.54, 1.807) is 6.92 Å². The normalized spacial score (nSPS) is 9.29. The molecule has 0 aromatic heterocycles. The van der Waals surface area contributed by atoms with Crippen LogP contribution in [0.2, 0.25) is 0 Å². The Morgan fingerprint density at radius 2 is 2.57 bits per heavy atom. The molecule has 0 aliphatic heterocycles. The Labute approximate surface area is 47.1 Å². The van der Waals surface area contributed by atoms with Gasteiger partial charge in [0.2, 0.25) is 0 Å². The van der Waals surface area contributed by atoms with Gasteiger partial charge in [0.05, 0.1) is 0 Å². The molecule has 4 heteroatoms. The van der Waals surface area contributed by atoms with Crippen LogP contribution in [0.15, 0.2) is 5.16 Å². The number of thiocarbonyl (C=S) groups is 1. The van der Waals surface area contributed by atoms with Gasteiger partial charge >= 0.3 is 0 Å². The molecule has 3 nitrogen and oxygen atoms in total. The number of oxime groups is 1. The molecular weight excluding hydrogens is 112 g/mol. The van der Waals surface area contributed by atoms with Gasteiger partial charge in [-0.2, -0.15) is 0 Å². The van der Waals surface area contributed by atoms with Crippen molar-refractivity contribution in [3.05, 3.63) is 0 Å². The molecule has 0 heterocycles. The fourth-order valence-electron chi connectivity index (χ4n) is 0.105. The Kier molecular flexibility index (Phi) is 3.22. The summed E-state index contributed by atoms with van der Waals surface area (Å²) in [4.78, 5) is 4.27. The largest absolute Gasteiger partial charge is 0.358 e. The molecule has 0 aliphatic rings. The third kappa shape index (κ3) is 5.36. The average molecular weight is 118 g/mol. The van der Waals surface area contributed by atoms with Gasteiger partial charge in [-0.25, -0.2) is 0 Å². The first kappa shape index (κ1) is 6.36. The fourth-order valence-corrected chi connectivity index (χ4v) is 0.148. The quantitative estimate of drug-likeness (QED) is 0.305. The number of rotatable bonds is 1. The van der Waals surface area contributed by atoms with Crippen molar-refractivity contribution in [2.24, 2.45) is 10.9 Å². The van der Waals surface area contributed by atoms with Gasteiger partial charge in [-0.3, -0.25) is 0 Å². The average Bonchev–Trinajstić information content (AvgIpc) is 1.61. The van der Waals surface area contributed by atoms with Crippen LogP contribution in [0, 0.1) is 0 Å². The van der Waals surface area contributed by atoms with E-state index in [0.29, 0.717) is 0 Å². The molecule has 7 heavy (non-hydrogen) atoms. The number of nitrogens with two attached hydrogens (primary N) is 1. The molecule has 0 rings (SSSR count). The van der Waals surface area contributed by atoms with Crippen molar-refractivity contribution in [2.45, 2.75) is 6.92 Å². The first-order chi connectivity index (χ1) is 3.27.